The van der Waals surface area contributed by atoms with Crippen molar-refractivity contribution in [1.29, 1.82) is 0 Å². The predicted molar refractivity (Wildman–Crippen MR) is 128 cm³/mol. The molecule has 0 bridgehead atoms. The molecule has 3 aromatic rings. The van der Waals surface area contributed by atoms with Crippen molar-refractivity contribution in [3.63, 3.8) is 0 Å². The summed E-state index contributed by atoms with van der Waals surface area (Å²) in [6, 6.07) is 13.7. The molecule has 9 heteroatoms. The number of benzene rings is 2. The molecule has 1 fully saturated rings. The van der Waals surface area contributed by atoms with Gasteiger partial charge in [0.25, 0.3) is 5.91 Å². The average Bonchev–Trinajstić information content (AvgIpc) is 3.17. The predicted octanol–water partition coefficient (Wildman–Crippen LogP) is 4.34. The van der Waals surface area contributed by atoms with Crippen molar-refractivity contribution in [2.45, 2.75) is 43.0 Å². The summed E-state index contributed by atoms with van der Waals surface area (Å²) in [5, 5.41) is 3.14. The maximum Gasteiger partial charge on any atom is 0.251 e. The number of carbonyl (C=O) groups is 1. The van der Waals surface area contributed by atoms with Crippen LogP contribution >= 0.6 is 11.6 Å². The molecule has 2 heterocycles. The van der Waals surface area contributed by atoms with E-state index in [1.807, 2.05) is 30.3 Å². The van der Waals surface area contributed by atoms with Gasteiger partial charge in [-0.25, -0.2) is 13.4 Å². The molecular formula is C24H27ClN4O3S. The molecule has 1 aliphatic heterocycles. The van der Waals surface area contributed by atoms with Crippen molar-refractivity contribution in [2.24, 2.45) is 0 Å². The molecule has 0 spiro atoms. The second kappa shape index (κ2) is 10.5. The molecule has 0 unspecified atom stereocenters. The molecule has 2 aromatic carbocycles. The van der Waals surface area contributed by atoms with E-state index in [0.29, 0.717) is 19.5 Å². The third-order valence-electron chi connectivity index (χ3n) is 5.84. The molecule has 2 N–H and O–H groups in total. The maximum atomic E-state index is 13.3. The van der Waals surface area contributed by atoms with Crippen LogP contribution in [0.3, 0.4) is 0 Å². The molecular weight excluding hydrogens is 460 g/mol. The number of imidazole rings is 1. The number of aromatic amines is 1. The summed E-state index contributed by atoms with van der Waals surface area (Å²) in [4.78, 5) is 20.5. The van der Waals surface area contributed by atoms with E-state index in [-0.39, 0.29) is 27.4 Å². The fourth-order valence-electron chi connectivity index (χ4n) is 4.05. The smallest absolute Gasteiger partial charge is 0.251 e. The molecule has 4 rings (SSSR count). The largest absolute Gasteiger partial charge is 0.349 e. The highest BCUT2D eigenvalue weighted by Crippen LogP contribution is 2.28. The zero-order valence-electron chi connectivity index (χ0n) is 18.2. The number of hydrogen-bond donors (Lipinski definition) is 2. The van der Waals surface area contributed by atoms with Gasteiger partial charge in [-0.2, -0.15) is 4.31 Å². The summed E-state index contributed by atoms with van der Waals surface area (Å²) in [5.41, 5.74) is 1.17. The van der Waals surface area contributed by atoms with Crippen LogP contribution in [0, 0.1) is 0 Å². The monoisotopic (exact) mass is 486 g/mol. The molecule has 33 heavy (non-hydrogen) atoms. The lowest BCUT2D eigenvalue weighted by Gasteiger charge is -2.22. The minimum absolute atomic E-state index is 0.0268. The quantitative estimate of drug-likeness (QED) is 0.519. The first-order chi connectivity index (χ1) is 15.9. The number of aromatic nitrogens is 2. The van der Waals surface area contributed by atoms with Crippen molar-refractivity contribution >= 4 is 27.5 Å². The number of sulfonamides is 1. The van der Waals surface area contributed by atoms with Gasteiger partial charge in [-0.15, -0.1) is 0 Å². The summed E-state index contributed by atoms with van der Waals surface area (Å²) >= 11 is 6.29. The van der Waals surface area contributed by atoms with E-state index < -0.39 is 10.0 Å². The minimum atomic E-state index is -3.79. The lowest BCUT2D eigenvalue weighted by Crippen LogP contribution is -2.33. The van der Waals surface area contributed by atoms with Crippen molar-refractivity contribution < 1.29 is 13.2 Å². The van der Waals surface area contributed by atoms with Crippen LogP contribution in [0.2, 0.25) is 5.02 Å². The number of nitrogens with zero attached hydrogens (tertiary/aromatic N) is 2. The molecule has 174 valence electrons. The molecule has 1 atom stereocenters. The van der Waals surface area contributed by atoms with Gasteiger partial charge in [0, 0.05) is 37.5 Å². The highest BCUT2D eigenvalue weighted by atomic mass is 35.5. The fourth-order valence-corrected chi connectivity index (χ4v) is 6.06. The van der Waals surface area contributed by atoms with Gasteiger partial charge in [-0.3, -0.25) is 4.79 Å². The molecule has 7 nitrogen and oxygen atoms in total. The van der Waals surface area contributed by atoms with Crippen molar-refractivity contribution in [3.05, 3.63) is 82.9 Å². The number of halogens is 1. The van der Waals surface area contributed by atoms with E-state index >= 15 is 0 Å². The fraction of sp³-hybridized carbons (Fsp3) is 0.333. The van der Waals surface area contributed by atoms with Gasteiger partial charge in [0.15, 0.2) is 0 Å². The summed E-state index contributed by atoms with van der Waals surface area (Å²) in [7, 11) is -3.79. The topological polar surface area (TPSA) is 95.2 Å². The number of rotatable bonds is 7. The van der Waals surface area contributed by atoms with E-state index in [2.05, 4.69) is 15.3 Å². The highest BCUT2D eigenvalue weighted by Gasteiger charge is 2.28. The Morgan fingerprint density at radius 2 is 1.82 bits per heavy atom. The normalized spacial score (nSPS) is 16.2. The molecule has 0 saturated carbocycles. The first-order valence-electron chi connectivity index (χ1n) is 11.1. The number of nitrogens with one attached hydrogen (secondary N) is 2. The van der Waals surface area contributed by atoms with E-state index in [1.54, 1.807) is 18.5 Å². The SMILES string of the molecule is O=C(N[C@@H](Cc1ncc[nH]1)c1ccccc1)c1ccc(Cl)c(S(=O)(=O)N2CCCCCC2)c1. The van der Waals surface area contributed by atoms with E-state index in [9.17, 15) is 13.2 Å². The Morgan fingerprint density at radius 3 is 2.48 bits per heavy atom. The molecule has 0 aliphatic carbocycles. The third kappa shape index (κ3) is 5.63. The Bertz CT molecular complexity index is 1180. The van der Waals surface area contributed by atoms with Gasteiger partial charge < -0.3 is 10.3 Å². The highest BCUT2D eigenvalue weighted by molar-refractivity contribution is 7.89. The molecule has 1 aromatic heterocycles. The Hall–Kier alpha value is -2.68. The summed E-state index contributed by atoms with van der Waals surface area (Å²) in [6.07, 6.45) is 7.54. The Balaban J connectivity index is 1.59. The van der Waals surface area contributed by atoms with Crippen LogP contribution in [0.5, 0.6) is 0 Å². The molecule has 0 radical (unpaired) electrons. The van der Waals surface area contributed by atoms with Crippen LogP contribution in [-0.2, 0) is 16.4 Å². The van der Waals surface area contributed by atoms with Crippen molar-refractivity contribution in [3.8, 4) is 0 Å². The van der Waals surface area contributed by atoms with Crippen molar-refractivity contribution in [2.75, 3.05) is 13.1 Å². The molecule has 1 saturated heterocycles. The van der Waals surface area contributed by atoms with Crippen LogP contribution in [-0.4, -0.2) is 41.7 Å². The minimum Gasteiger partial charge on any atom is -0.349 e. The van der Waals surface area contributed by atoms with Gasteiger partial charge in [-0.05, 0) is 36.6 Å². The van der Waals surface area contributed by atoms with Crippen LogP contribution < -0.4 is 5.32 Å². The summed E-state index contributed by atoms with van der Waals surface area (Å²) in [5.74, 6) is 0.365. The summed E-state index contributed by atoms with van der Waals surface area (Å²) in [6.45, 7) is 0.933. The molecule has 1 aliphatic rings. The third-order valence-corrected chi connectivity index (χ3v) is 8.22. The summed E-state index contributed by atoms with van der Waals surface area (Å²) < 4.78 is 28.1. The number of hydrogen-bond acceptors (Lipinski definition) is 4. The zero-order valence-corrected chi connectivity index (χ0v) is 19.8. The first kappa shape index (κ1) is 23.5. The lowest BCUT2D eigenvalue weighted by atomic mass is 10.0. The lowest BCUT2D eigenvalue weighted by molar-refractivity contribution is 0.0936. The van der Waals surface area contributed by atoms with Gasteiger partial charge in [0.1, 0.15) is 10.7 Å². The average molecular weight is 487 g/mol. The van der Waals surface area contributed by atoms with E-state index in [1.165, 1.54) is 16.4 Å². The number of H-pyrrole nitrogens is 1. The van der Waals surface area contributed by atoms with Gasteiger partial charge >= 0.3 is 0 Å². The first-order valence-corrected chi connectivity index (χ1v) is 12.9. The van der Waals surface area contributed by atoms with Crippen LogP contribution in [0.4, 0.5) is 0 Å². The van der Waals surface area contributed by atoms with Crippen molar-refractivity contribution in [1.82, 2.24) is 19.6 Å². The van der Waals surface area contributed by atoms with Crippen LogP contribution in [0.25, 0.3) is 0 Å². The Kier molecular flexibility index (Phi) is 7.47. The standard InChI is InChI=1S/C24H27ClN4O3S/c25-20-11-10-19(16-22(20)33(31,32)29-14-6-1-2-7-15-29)24(30)28-21(17-23-26-12-13-27-23)18-8-4-3-5-9-18/h3-5,8-13,16,21H,1-2,6-7,14-15,17H2,(H,26,27)(H,28,30)/t21-/m0/s1. The van der Waals surface area contributed by atoms with E-state index in [0.717, 1.165) is 37.1 Å². The molecule has 1 amide bonds. The van der Waals surface area contributed by atoms with Gasteiger partial charge in [0.05, 0.1) is 11.1 Å². The maximum absolute atomic E-state index is 13.3. The van der Waals surface area contributed by atoms with Crippen LogP contribution in [0.15, 0.2) is 65.8 Å². The Labute approximate surface area is 199 Å². The Morgan fingerprint density at radius 1 is 1.09 bits per heavy atom. The number of carbonyl (C=O) groups excluding carboxylic acids is 1. The number of amides is 1. The van der Waals surface area contributed by atoms with Crippen LogP contribution in [0.1, 0.15) is 53.5 Å². The van der Waals surface area contributed by atoms with Gasteiger partial charge in [-0.1, -0.05) is 54.8 Å². The second-order valence-corrected chi connectivity index (χ2v) is 10.5. The van der Waals surface area contributed by atoms with Gasteiger partial charge in [0.2, 0.25) is 10.0 Å². The zero-order chi connectivity index (χ0) is 23.3. The second-order valence-electron chi connectivity index (χ2n) is 8.14. The van der Waals surface area contributed by atoms with E-state index in [4.69, 9.17) is 11.6 Å².